The number of anilines is 2. The largest absolute Gasteiger partial charge is 0.396 e. The molecule has 0 aromatic carbocycles. The van der Waals surface area contributed by atoms with Crippen molar-refractivity contribution >= 4 is 23.5 Å². The molecule has 0 unspecified atom stereocenters. The molecule has 1 saturated carbocycles. The van der Waals surface area contributed by atoms with Crippen molar-refractivity contribution in [1.82, 2.24) is 15.0 Å². The van der Waals surface area contributed by atoms with Gasteiger partial charge in [0.25, 0.3) is 0 Å². The predicted octanol–water partition coefficient (Wildman–Crippen LogP) is 1.87. The second-order valence-electron chi connectivity index (χ2n) is 5.75. The van der Waals surface area contributed by atoms with E-state index in [0.29, 0.717) is 17.9 Å². The Bertz CT molecular complexity index is 476. The molecule has 2 fully saturated rings. The van der Waals surface area contributed by atoms with Crippen LogP contribution >= 0.6 is 11.6 Å². The van der Waals surface area contributed by atoms with Gasteiger partial charge in [-0.05, 0) is 50.1 Å². The molecule has 21 heavy (non-hydrogen) atoms. The van der Waals surface area contributed by atoms with E-state index < -0.39 is 0 Å². The molecule has 0 amide bonds. The summed E-state index contributed by atoms with van der Waals surface area (Å²) in [5.74, 6) is 1.35. The molecule has 0 spiro atoms. The fourth-order valence-corrected chi connectivity index (χ4v) is 3.05. The summed E-state index contributed by atoms with van der Waals surface area (Å²) in [5.41, 5.74) is 0. The van der Waals surface area contributed by atoms with Gasteiger partial charge in [-0.15, -0.1) is 0 Å². The molecule has 1 saturated heterocycles. The van der Waals surface area contributed by atoms with Crippen LogP contribution in [0.5, 0.6) is 0 Å². The molecule has 1 aromatic heterocycles. The molecule has 2 aliphatic rings. The summed E-state index contributed by atoms with van der Waals surface area (Å²) in [5, 5.41) is 9.36. The Morgan fingerprint density at radius 1 is 1.14 bits per heavy atom. The molecule has 3 rings (SSSR count). The minimum absolute atomic E-state index is 0.182. The van der Waals surface area contributed by atoms with E-state index in [1.165, 1.54) is 19.3 Å². The van der Waals surface area contributed by atoms with Gasteiger partial charge in [0.05, 0.1) is 0 Å². The third-order valence-electron chi connectivity index (χ3n) is 4.30. The summed E-state index contributed by atoms with van der Waals surface area (Å²) in [6.07, 6.45) is 6.64. The molecule has 1 aliphatic heterocycles. The Balaban J connectivity index is 1.83. The van der Waals surface area contributed by atoms with Crippen molar-refractivity contribution in [3.8, 4) is 0 Å². The van der Waals surface area contributed by atoms with Crippen LogP contribution in [0.2, 0.25) is 5.28 Å². The lowest BCUT2D eigenvalue weighted by Crippen LogP contribution is -2.42. The average Bonchev–Trinajstić information content (AvgIpc) is 2.94. The van der Waals surface area contributed by atoms with Crippen LogP contribution in [0.3, 0.4) is 0 Å². The highest BCUT2D eigenvalue weighted by molar-refractivity contribution is 6.28. The summed E-state index contributed by atoms with van der Waals surface area (Å²) in [6, 6.07) is 0.474. The van der Waals surface area contributed by atoms with Gasteiger partial charge in [-0.25, -0.2) is 0 Å². The number of halogens is 1. The zero-order valence-corrected chi connectivity index (χ0v) is 13.0. The maximum Gasteiger partial charge on any atom is 0.231 e. The van der Waals surface area contributed by atoms with E-state index in [4.69, 9.17) is 16.7 Å². The van der Waals surface area contributed by atoms with E-state index in [9.17, 15) is 0 Å². The van der Waals surface area contributed by atoms with Crippen molar-refractivity contribution in [1.29, 1.82) is 0 Å². The van der Waals surface area contributed by atoms with Crippen LogP contribution in [-0.2, 0) is 0 Å². The Hall–Kier alpha value is -1.14. The molecule has 6 nitrogen and oxygen atoms in total. The van der Waals surface area contributed by atoms with Crippen LogP contribution in [-0.4, -0.2) is 52.3 Å². The molecule has 2 heterocycles. The number of aromatic nitrogens is 3. The van der Waals surface area contributed by atoms with Crippen molar-refractivity contribution in [2.24, 2.45) is 0 Å². The van der Waals surface area contributed by atoms with Crippen molar-refractivity contribution in [2.75, 3.05) is 36.0 Å². The topological polar surface area (TPSA) is 65.4 Å². The quantitative estimate of drug-likeness (QED) is 0.865. The van der Waals surface area contributed by atoms with E-state index in [-0.39, 0.29) is 11.9 Å². The van der Waals surface area contributed by atoms with Gasteiger partial charge in [0.1, 0.15) is 0 Å². The van der Waals surface area contributed by atoms with Gasteiger partial charge in [0.2, 0.25) is 17.2 Å². The molecular weight excluding hydrogens is 290 g/mol. The third-order valence-corrected chi connectivity index (χ3v) is 4.47. The van der Waals surface area contributed by atoms with Crippen molar-refractivity contribution in [3.05, 3.63) is 5.28 Å². The van der Waals surface area contributed by atoms with Crippen molar-refractivity contribution in [2.45, 2.75) is 44.6 Å². The lowest BCUT2D eigenvalue weighted by molar-refractivity contribution is 0.282. The van der Waals surface area contributed by atoms with Gasteiger partial charge in [0, 0.05) is 32.3 Å². The fraction of sp³-hybridized carbons (Fsp3) is 0.786. The second-order valence-corrected chi connectivity index (χ2v) is 6.09. The van der Waals surface area contributed by atoms with Crippen molar-refractivity contribution in [3.63, 3.8) is 0 Å². The normalized spacial score (nSPS) is 18.9. The number of aliphatic hydroxyl groups is 1. The van der Waals surface area contributed by atoms with Crippen LogP contribution in [0.4, 0.5) is 11.9 Å². The standard InChI is InChI=1S/C14H22ClN5O/c15-12-16-13(19-7-1-2-8-19)18-14(17-12)20(9-4-10-21)11-5-3-6-11/h11,21H,1-10H2. The number of nitrogens with zero attached hydrogens (tertiary/aromatic N) is 5. The van der Waals surface area contributed by atoms with E-state index in [0.717, 1.165) is 38.9 Å². The Morgan fingerprint density at radius 2 is 1.90 bits per heavy atom. The first-order valence-electron chi connectivity index (χ1n) is 7.82. The predicted molar refractivity (Wildman–Crippen MR) is 83.0 cm³/mol. The average molecular weight is 312 g/mol. The summed E-state index contributed by atoms with van der Waals surface area (Å²) >= 11 is 6.11. The summed E-state index contributed by atoms with van der Waals surface area (Å²) < 4.78 is 0. The highest BCUT2D eigenvalue weighted by Crippen LogP contribution is 2.29. The van der Waals surface area contributed by atoms with Crippen molar-refractivity contribution < 1.29 is 5.11 Å². The molecule has 0 bridgehead atoms. The van der Waals surface area contributed by atoms with Gasteiger partial charge in [-0.3, -0.25) is 0 Å². The lowest BCUT2D eigenvalue weighted by Gasteiger charge is -2.37. The lowest BCUT2D eigenvalue weighted by atomic mass is 9.91. The first kappa shape index (κ1) is 14.8. The van der Waals surface area contributed by atoms with Crippen LogP contribution in [0, 0.1) is 0 Å². The maximum absolute atomic E-state index is 9.10. The number of rotatable bonds is 6. The minimum Gasteiger partial charge on any atom is -0.396 e. The van der Waals surface area contributed by atoms with E-state index >= 15 is 0 Å². The minimum atomic E-state index is 0.182. The molecule has 0 atom stereocenters. The molecule has 1 aliphatic carbocycles. The Morgan fingerprint density at radius 3 is 2.52 bits per heavy atom. The fourth-order valence-electron chi connectivity index (χ4n) is 2.90. The first-order valence-corrected chi connectivity index (χ1v) is 8.20. The van der Waals surface area contributed by atoms with Gasteiger partial charge in [-0.1, -0.05) is 0 Å². The zero-order chi connectivity index (χ0) is 14.7. The molecule has 1 N–H and O–H groups in total. The highest BCUT2D eigenvalue weighted by Gasteiger charge is 2.28. The van der Waals surface area contributed by atoms with E-state index in [2.05, 4.69) is 24.8 Å². The highest BCUT2D eigenvalue weighted by atomic mass is 35.5. The number of aliphatic hydroxyl groups excluding tert-OH is 1. The molecule has 1 aromatic rings. The molecule has 0 radical (unpaired) electrons. The SMILES string of the molecule is OCCCN(c1nc(Cl)nc(N2CCCC2)n1)C1CCC1. The summed E-state index contributed by atoms with van der Waals surface area (Å²) in [6.45, 7) is 2.92. The van der Waals surface area contributed by atoms with E-state index in [1.54, 1.807) is 0 Å². The summed E-state index contributed by atoms with van der Waals surface area (Å²) in [4.78, 5) is 17.6. The Kier molecular flexibility index (Phi) is 4.75. The van der Waals surface area contributed by atoms with Gasteiger partial charge in [-0.2, -0.15) is 15.0 Å². The molecule has 7 heteroatoms. The second kappa shape index (κ2) is 6.75. The molecular formula is C14H22ClN5O. The monoisotopic (exact) mass is 311 g/mol. The first-order chi connectivity index (χ1) is 10.3. The van der Waals surface area contributed by atoms with Crippen LogP contribution in [0.1, 0.15) is 38.5 Å². The Labute approximate surface area is 130 Å². The third kappa shape index (κ3) is 3.37. The van der Waals surface area contributed by atoms with Crippen LogP contribution in [0.25, 0.3) is 0 Å². The number of hydrogen-bond donors (Lipinski definition) is 1. The summed E-state index contributed by atoms with van der Waals surface area (Å²) in [7, 11) is 0. The van der Waals surface area contributed by atoms with Gasteiger partial charge >= 0.3 is 0 Å². The van der Waals surface area contributed by atoms with Crippen LogP contribution in [0.15, 0.2) is 0 Å². The smallest absolute Gasteiger partial charge is 0.231 e. The van der Waals surface area contributed by atoms with Gasteiger partial charge < -0.3 is 14.9 Å². The number of hydrogen-bond acceptors (Lipinski definition) is 6. The van der Waals surface area contributed by atoms with Crippen LogP contribution < -0.4 is 9.80 Å². The zero-order valence-electron chi connectivity index (χ0n) is 12.2. The molecule has 116 valence electrons. The van der Waals surface area contributed by atoms with E-state index in [1.807, 2.05) is 0 Å². The maximum atomic E-state index is 9.10. The van der Waals surface area contributed by atoms with Gasteiger partial charge in [0.15, 0.2) is 0 Å².